The van der Waals surface area contributed by atoms with Crippen LogP contribution in [0.15, 0.2) is 29.2 Å². The summed E-state index contributed by atoms with van der Waals surface area (Å²) in [5, 5.41) is 9.06. The molecule has 1 aromatic rings. The second kappa shape index (κ2) is 5.07. The van der Waals surface area contributed by atoms with E-state index in [0.29, 0.717) is 5.75 Å². The summed E-state index contributed by atoms with van der Waals surface area (Å²) in [7, 11) is 0. The van der Waals surface area contributed by atoms with Crippen LogP contribution in [0.4, 0.5) is 8.78 Å². The maximum absolute atomic E-state index is 11.8. The van der Waals surface area contributed by atoms with Crippen molar-refractivity contribution in [1.29, 1.82) is 0 Å². The van der Waals surface area contributed by atoms with Crippen molar-refractivity contribution in [2.75, 3.05) is 5.75 Å². The monoisotopic (exact) mass is 204 g/mol. The van der Waals surface area contributed by atoms with Gasteiger partial charge in [0.1, 0.15) is 5.75 Å². The second-order valence-corrected chi connectivity index (χ2v) is 3.69. The minimum absolute atomic E-state index is 0.111. The van der Waals surface area contributed by atoms with Gasteiger partial charge in [0, 0.05) is 17.1 Å². The Bertz CT molecular complexity index is 266. The fourth-order valence-corrected chi connectivity index (χ4v) is 1.75. The molecule has 13 heavy (non-hydrogen) atoms. The summed E-state index contributed by atoms with van der Waals surface area (Å²) in [6, 6.07) is 6.60. The zero-order valence-electron chi connectivity index (χ0n) is 6.91. The Labute approximate surface area is 79.8 Å². The molecule has 0 bridgehead atoms. The fraction of sp³-hybridized carbons (Fsp3) is 0.333. The molecule has 0 amide bonds. The Morgan fingerprint density at radius 3 is 2.77 bits per heavy atom. The maximum Gasteiger partial charge on any atom is 0.239 e. The van der Waals surface area contributed by atoms with E-state index in [2.05, 4.69) is 0 Å². The normalized spacial score (nSPS) is 10.7. The van der Waals surface area contributed by atoms with Crippen molar-refractivity contribution in [3.05, 3.63) is 24.3 Å². The van der Waals surface area contributed by atoms with Gasteiger partial charge in [0.2, 0.25) is 6.43 Å². The molecule has 1 N–H and O–H groups in total. The largest absolute Gasteiger partial charge is 0.508 e. The van der Waals surface area contributed by atoms with Gasteiger partial charge in [-0.05, 0) is 18.2 Å². The van der Waals surface area contributed by atoms with Crippen LogP contribution in [0.1, 0.15) is 6.42 Å². The molecule has 1 aromatic carbocycles. The van der Waals surface area contributed by atoms with Gasteiger partial charge < -0.3 is 5.11 Å². The van der Waals surface area contributed by atoms with Crippen molar-refractivity contribution in [3.8, 4) is 5.75 Å². The Morgan fingerprint density at radius 2 is 2.15 bits per heavy atom. The molecular weight excluding hydrogens is 194 g/mol. The van der Waals surface area contributed by atoms with Crippen LogP contribution in [0.5, 0.6) is 5.75 Å². The summed E-state index contributed by atoms with van der Waals surface area (Å²) in [6.07, 6.45) is -2.36. The molecule has 0 saturated carbocycles. The van der Waals surface area contributed by atoms with Crippen LogP contribution in [-0.4, -0.2) is 17.3 Å². The third-order valence-electron chi connectivity index (χ3n) is 1.42. The highest BCUT2D eigenvalue weighted by Crippen LogP contribution is 2.23. The van der Waals surface area contributed by atoms with E-state index in [-0.39, 0.29) is 12.2 Å². The molecule has 1 rings (SSSR count). The molecule has 0 spiro atoms. The van der Waals surface area contributed by atoms with Gasteiger partial charge in [-0.15, -0.1) is 11.8 Å². The third-order valence-corrected chi connectivity index (χ3v) is 2.45. The van der Waals surface area contributed by atoms with Crippen LogP contribution in [-0.2, 0) is 0 Å². The van der Waals surface area contributed by atoms with Crippen molar-refractivity contribution in [3.63, 3.8) is 0 Å². The number of hydrogen-bond donors (Lipinski definition) is 1. The van der Waals surface area contributed by atoms with Gasteiger partial charge in [-0.3, -0.25) is 0 Å². The number of alkyl halides is 2. The fourth-order valence-electron chi connectivity index (χ4n) is 0.839. The summed E-state index contributed by atoms with van der Waals surface area (Å²) >= 11 is 1.32. The van der Waals surface area contributed by atoms with E-state index >= 15 is 0 Å². The molecule has 0 heterocycles. The van der Waals surface area contributed by atoms with E-state index in [1.807, 2.05) is 0 Å². The molecule has 0 aliphatic carbocycles. The molecule has 72 valence electrons. The predicted octanol–water partition coefficient (Wildman–Crippen LogP) is 3.14. The Balaban J connectivity index is 2.37. The van der Waals surface area contributed by atoms with Crippen LogP contribution in [0.3, 0.4) is 0 Å². The van der Waals surface area contributed by atoms with Crippen LogP contribution in [0, 0.1) is 0 Å². The summed E-state index contributed by atoms with van der Waals surface area (Å²) < 4.78 is 23.5. The zero-order chi connectivity index (χ0) is 9.68. The number of phenolic OH excluding ortho intramolecular Hbond substituents is 1. The van der Waals surface area contributed by atoms with E-state index < -0.39 is 6.43 Å². The summed E-state index contributed by atoms with van der Waals surface area (Å²) in [5.74, 6) is 0.545. The van der Waals surface area contributed by atoms with Crippen LogP contribution >= 0.6 is 11.8 Å². The van der Waals surface area contributed by atoms with Crippen molar-refractivity contribution < 1.29 is 13.9 Å². The number of thioether (sulfide) groups is 1. The lowest BCUT2D eigenvalue weighted by atomic mass is 10.3. The van der Waals surface area contributed by atoms with E-state index in [4.69, 9.17) is 5.11 Å². The van der Waals surface area contributed by atoms with Gasteiger partial charge in [0.05, 0.1) is 0 Å². The van der Waals surface area contributed by atoms with Crippen LogP contribution in [0.25, 0.3) is 0 Å². The maximum atomic E-state index is 11.8. The molecule has 0 atom stereocenters. The van der Waals surface area contributed by atoms with E-state index in [9.17, 15) is 8.78 Å². The lowest BCUT2D eigenvalue weighted by molar-refractivity contribution is 0.145. The number of benzene rings is 1. The molecule has 0 fully saturated rings. The summed E-state index contributed by atoms with van der Waals surface area (Å²) in [4.78, 5) is 0.820. The van der Waals surface area contributed by atoms with Gasteiger partial charge in [-0.1, -0.05) is 6.07 Å². The smallest absolute Gasteiger partial charge is 0.239 e. The minimum atomic E-state index is -2.25. The van der Waals surface area contributed by atoms with Crippen molar-refractivity contribution in [2.45, 2.75) is 17.7 Å². The van der Waals surface area contributed by atoms with Crippen molar-refractivity contribution in [1.82, 2.24) is 0 Å². The average molecular weight is 204 g/mol. The lowest BCUT2D eigenvalue weighted by Crippen LogP contribution is -1.91. The first-order valence-corrected chi connectivity index (χ1v) is 4.87. The van der Waals surface area contributed by atoms with Gasteiger partial charge in [-0.2, -0.15) is 0 Å². The first-order chi connectivity index (χ1) is 6.18. The summed E-state index contributed by atoms with van der Waals surface area (Å²) in [5.41, 5.74) is 0. The quantitative estimate of drug-likeness (QED) is 0.760. The molecule has 0 unspecified atom stereocenters. The number of hydrogen-bond acceptors (Lipinski definition) is 2. The van der Waals surface area contributed by atoms with Crippen molar-refractivity contribution >= 4 is 11.8 Å². The molecule has 1 nitrogen and oxygen atoms in total. The van der Waals surface area contributed by atoms with Crippen molar-refractivity contribution in [2.24, 2.45) is 0 Å². The van der Waals surface area contributed by atoms with Gasteiger partial charge >= 0.3 is 0 Å². The zero-order valence-corrected chi connectivity index (χ0v) is 7.73. The number of halogens is 2. The van der Waals surface area contributed by atoms with Crippen LogP contribution < -0.4 is 0 Å². The Morgan fingerprint density at radius 1 is 1.38 bits per heavy atom. The molecule has 0 aromatic heterocycles. The molecular formula is C9H10F2OS. The first-order valence-electron chi connectivity index (χ1n) is 3.88. The standard InChI is InChI=1S/C9H10F2OS/c10-9(11)4-5-13-8-3-1-2-7(12)6-8/h1-3,6,9,12H,4-5H2. The highest BCUT2D eigenvalue weighted by atomic mass is 32.2. The van der Waals surface area contributed by atoms with Gasteiger partial charge in [0.25, 0.3) is 0 Å². The molecule has 0 radical (unpaired) electrons. The topological polar surface area (TPSA) is 20.2 Å². The van der Waals surface area contributed by atoms with E-state index in [1.54, 1.807) is 24.3 Å². The molecule has 4 heteroatoms. The SMILES string of the molecule is Oc1cccc(SCCC(F)F)c1. The molecule has 0 aliphatic heterocycles. The lowest BCUT2D eigenvalue weighted by Gasteiger charge is -2.01. The Hall–Kier alpha value is -0.770. The highest BCUT2D eigenvalue weighted by Gasteiger charge is 2.02. The summed E-state index contributed by atoms with van der Waals surface area (Å²) in [6.45, 7) is 0. The number of aromatic hydroxyl groups is 1. The number of rotatable bonds is 4. The van der Waals surface area contributed by atoms with E-state index in [1.165, 1.54) is 11.8 Å². The molecule has 0 saturated heterocycles. The highest BCUT2D eigenvalue weighted by molar-refractivity contribution is 7.99. The molecule has 0 aliphatic rings. The predicted molar refractivity (Wildman–Crippen MR) is 49.5 cm³/mol. The van der Waals surface area contributed by atoms with E-state index in [0.717, 1.165) is 4.90 Å². The second-order valence-electron chi connectivity index (χ2n) is 2.53. The average Bonchev–Trinajstić information content (AvgIpc) is 2.03. The van der Waals surface area contributed by atoms with Gasteiger partial charge in [0.15, 0.2) is 0 Å². The number of phenols is 1. The van der Waals surface area contributed by atoms with Crippen LogP contribution in [0.2, 0.25) is 0 Å². The van der Waals surface area contributed by atoms with Gasteiger partial charge in [-0.25, -0.2) is 8.78 Å². The first kappa shape index (κ1) is 10.3. The minimum Gasteiger partial charge on any atom is -0.508 e. The Kier molecular flexibility index (Phi) is 4.02. The third kappa shape index (κ3) is 4.12.